The zero-order valence-corrected chi connectivity index (χ0v) is 9.85. The zero-order valence-electron chi connectivity index (χ0n) is 9.85. The third kappa shape index (κ3) is 4.54. The SMILES string of the molecule is [N-]=[N+]=NCC(CN=[N+]=[N-])O[C@@H]1OC[C@@H](O)[C@@H](O)[C@H]1O. The minimum absolute atomic E-state index is 0.124. The third-order valence-corrected chi connectivity index (χ3v) is 2.48. The predicted octanol–water partition coefficient (Wildman–Crippen LogP) is -0.569. The first-order valence-corrected chi connectivity index (χ1v) is 5.43. The van der Waals surface area contributed by atoms with E-state index in [-0.39, 0.29) is 19.7 Å². The van der Waals surface area contributed by atoms with Gasteiger partial charge >= 0.3 is 0 Å². The maximum Gasteiger partial charge on any atom is 0.186 e. The van der Waals surface area contributed by atoms with Crippen LogP contribution >= 0.6 is 0 Å². The number of azide groups is 2. The van der Waals surface area contributed by atoms with Gasteiger partial charge in [0.25, 0.3) is 0 Å². The maximum absolute atomic E-state index is 9.64. The van der Waals surface area contributed by atoms with E-state index in [4.69, 9.17) is 20.5 Å². The summed E-state index contributed by atoms with van der Waals surface area (Å²) in [5.41, 5.74) is 16.4. The number of aliphatic hydroxyl groups excluding tert-OH is 3. The second-order valence-corrected chi connectivity index (χ2v) is 3.84. The number of ether oxygens (including phenoxy) is 2. The molecule has 1 fully saturated rings. The fourth-order valence-corrected chi connectivity index (χ4v) is 1.49. The normalized spacial score (nSPS) is 31.9. The molecule has 1 aliphatic rings. The van der Waals surface area contributed by atoms with Gasteiger partial charge in [0.1, 0.15) is 18.3 Å². The second kappa shape index (κ2) is 7.77. The molecule has 1 aliphatic heterocycles. The summed E-state index contributed by atoms with van der Waals surface area (Å²) in [7, 11) is 0. The lowest BCUT2D eigenvalue weighted by Crippen LogP contribution is -2.54. The summed E-state index contributed by atoms with van der Waals surface area (Å²) in [6.45, 7) is -0.458. The molecule has 0 aromatic carbocycles. The van der Waals surface area contributed by atoms with Crippen molar-refractivity contribution < 1.29 is 24.8 Å². The van der Waals surface area contributed by atoms with Crippen LogP contribution in [0.5, 0.6) is 0 Å². The maximum atomic E-state index is 9.64. The first-order chi connectivity index (χ1) is 9.10. The lowest BCUT2D eigenvalue weighted by molar-refractivity contribution is -0.280. The fraction of sp³-hybridized carbons (Fsp3) is 1.00. The molecule has 11 heteroatoms. The van der Waals surface area contributed by atoms with E-state index in [9.17, 15) is 15.3 Å². The molecule has 0 aliphatic carbocycles. The highest BCUT2D eigenvalue weighted by molar-refractivity contribution is 4.83. The van der Waals surface area contributed by atoms with Crippen molar-refractivity contribution in [2.24, 2.45) is 10.2 Å². The molecule has 0 saturated carbocycles. The Labute approximate surface area is 107 Å². The lowest BCUT2D eigenvalue weighted by atomic mass is 10.1. The molecule has 3 N–H and O–H groups in total. The zero-order chi connectivity index (χ0) is 14.3. The van der Waals surface area contributed by atoms with Crippen LogP contribution in [0, 0.1) is 0 Å². The van der Waals surface area contributed by atoms with Crippen molar-refractivity contribution >= 4 is 0 Å². The van der Waals surface area contributed by atoms with E-state index in [0.717, 1.165) is 0 Å². The van der Waals surface area contributed by atoms with E-state index in [1.165, 1.54) is 0 Å². The standard InChI is InChI=1S/C8H14N6O5/c9-13-11-1-4(2-12-14-10)19-8-7(17)6(16)5(15)3-18-8/h4-8,15-17H,1-3H2/t5-,6-,7-,8+/m1/s1. The fourth-order valence-electron chi connectivity index (χ4n) is 1.49. The second-order valence-electron chi connectivity index (χ2n) is 3.84. The van der Waals surface area contributed by atoms with Crippen LogP contribution in [0.15, 0.2) is 10.2 Å². The minimum atomic E-state index is -1.46. The molecule has 1 rings (SSSR count). The van der Waals surface area contributed by atoms with Crippen molar-refractivity contribution in [3.8, 4) is 0 Å². The van der Waals surface area contributed by atoms with Gasteiger partial charge in [0, 0.05) is 9.82 Å². The van der Waals surface area contributed by atoms with Gasteiger partial charge in [-0.25, -0.2) is 0 Å². The van der Waals surface area contributed by atoms with E-state index in [1.54, 1.807) is 0 Å². The van der Waals surface area contributed by atoms with Crippen LogP contribution in [0.1, 0.15) is 0 Å². The smallest absolute Gasteiger partial charge is 0.186 e. The van der Waals surface area contributed by atoms with Crippen molar-refractivity contribution in [2.45, 2.75) is 30.7 Å². The Morgan fingerprint density at radius 1 is 1.16 bits per heavy atom. The average molecular weight is 274 g/mol. The molecule has 0 radical (unpaired) electrons. The summed E-state index contributed by atoms with van der Waals surface area (Å²) in [5, 5.41) is 34.9. The first-order valence-electron chi connectivity index (χ1n) is 5.43. The molecule has 1 heterocycles. The van der Waals surface area contributed by atoms with Crippen LogP contribution in [0.4, 0.5) is 0 Å². The van der Waals surface area contributed by atoms with Gasteiger partial charge in [0.2, 0.25) is 0 Å². The topological polar surface area (TPSA) is 177 Å². The van der Waals surface area contributed by atoms with Crippen LogP contribution in [-0.4, -0.2) is 65.7 Å². The number of nitrogens with zero attached hydrogens (tertiary/aromatic N) is 6. The van der Waals surface area contributed by atoms with Crippen molar-refractivity contribution in [3.63, 3.8) is 0 Å². The summed E-state index contributed by atoms with van der Waals surface area (Å²) in [6, 6.07) is 0. The molecule has 0 aromatic heterocycles. The van der Waals surface area contributed by atoms with E-state index in [0.29, 0.717) is 0 Å². The molecule has 0 amide bonds. The Morgan fingerprint density at radius 3 is 2.26 bits per heavy atom. The highest BCUT2D eigenvalue weighted by atomic mass is 16.7. The Bertz CT molecular complexity index is 362. The van der Waals surface area contributed by atoms with Crippen LogP contribution in [0.25, 0.3) is 20.9 Å². The van der Waals surface area contributed by atoms with Gasteiger partial charge in [-0.1, -0.05) is 10.2 Å². The van der Waals surface area contributed by atoms with Gasteiger partial charge in [-0.05, 0) is 11.1 Å². The monoisotopic (exact) mass is 274 g/mol. The summed E-state index contributed by atoms with van der Waals surface area (Å²) in [6.07, 6.45) is -6.07. The van der Waals surface area contributed by atoms with Gasteiger partial charge in [-0.15, -0.1) is 0 Å². The van der Waals surface area contributed by atoms with Gasteiger partial charge in [-0.3, -0.25) is 0 Å². The van der Waals surface area contributed by atoms with Gasteiger partial charge < -0.3 is 24.8 Å². The Morgan fingerprint density at radius 2 is 1.74 bits per heavy atom. The molecule has 11 nitrogen and oxygen atoms in total. The van der Waals surface area contributed by atoms with Crippen molar-refractivity contribution in [2.75, 3.05) is 19.7 Å². The van der Waals surface area contributed by atoms with Crippen molar-refractivity contribution in [1.29, 1.82) is 0 Å². The van der Waals surface area contributed by atoms with Crippen molar-refractivity contribution in [3.05, 3.63) is 20.9 Å². The molecular formula is C8H14N6O5. The predicted molar refractivity (Wildman–Crippen MR) is 60.7 cm³/mol. The van der Waals surface area contributed by atoms with Crippen LogP contribution in [0.3, 0.4) is 0 Å². The third-order valence-electron chi connectivity index (χ3n) is 2.48. The average Bonchev–Trinajstić information content (AvgIpc) is 2.42. The molecule has 1 saturated heterocycles. The quantitative estimate of drug-likeness (QED) is 0.333. The van der Waals surface area contributed by atoms with E-state index < -0.39 is 30.7 Å². The number of rotatable bonds is 6. The molecule has 106 valence electrons. The number of hydrogen-bond acceptors (Lipinski definition) is 7. The summed E-state index contributed by atoms with van der Waals surface area (Å²) >= 11 is 0. The van der Waals surface area contributed by atoms with Crippen LogP contribution < -0.4 is 0 Å². The Balaban J connectivity index is 2.61. The largest absolute Gasteiger partial charge is 0.388 e. The molecule has 0 bridgehead atoms. The summed E-state index contributed by atoms with van der Waals surface area (Å²) < 4.78 is 10.3. The molecule has 0 spiro atoms. The molecule has 19 heavy (non-hydrogen) atoms. The van der Waals surface area contributed by atoms with Crippen LogP contribution in [0.2, 0.25) is 0 Å². The number of aliphatic hydroxyl groups is 3. The highest BCUT2D eigenvalue weighted by Crippen LogP contribution is 2.18. The number of hydrogen-bond donors (Lipinski definition) is 3. The molecule has 4 atom stereocenters. The van der Waals surface area contributed by atoms with E-state index in [2.05, 4.69) is 20.1 Å². The molecule has 0 aromatic rings. The van der Waals surface area contributed by atoms with Gasteiger partial charge in [-0.2, -0.15) is 0 Å². The molecular weight excluding hydrogens is 260 g/mol. The van der Waals surface area contributed by atoms with Crippen LogP contribution in [-0.2, 0) is 9.47 Å². The Hall–Kier alpha value is -1.58. The highest BCUT2D eigenvalue weighted by Gasteiger charge is 2.39. The van der Waals surface area contributed by atoms with Gasteiger partial charge in [0.15, 0.2) is 6.29 Å². The van der Waals surface area contributed by atoms with Crippen molar-refractivity contribution in [1.82, 2.24) is 0 Å². The summed E-state index contributed by atoms with van der Waals surface area (Å²) in [4.78, 5) is 5.08. The minimum Gasteiger partial charge on any atom is -0.388 e. The first kappa shape index (κ1) is 15.5. The van der Waals surface area contributed by atoms with E-state index in [1.807, 2.05) is 0 Å². The molecule has 0 unspecified atom stereocenters. The summed E-state index contributed by atoms with van der Waals surface area (Å²) in [5.74, 6) is 0. The van der Waals surface area contributed by atoms with E-state index >= 15 is 0 Å². The van der Waals surface area contributed by atoms with Gasteiger partial charge in [0.05, 0.1) is 25.8 Å². The Kier molecular flexibility index (Phi) is 6.33. The lowest BCUT2D eigenvalue weighted by Gasteiger charge is -2.36.